The molecule has 1 fully saturated rings. The molecule has 9 nitrogen and oxygen atoms in total. The third-order valence-corrected chi connectivity index (χ3v) is 5.70. The average molecular weight is 433 g/mol. The Balaban J connectivity index is 1.17. The molecule has 2 aromatic heterocycles. The number of carbonyl (C=O) groups is 2. The van der Waals surface area contributed by atoms with Gasteiger partial charge < -0.3 is 19.7 Å². The summed E-state index contributed by atoms with van der Waals surface area (Å²) in [5.41, 5.74) is 2.43. The van der Waals surface area contributed by atoms with Gasteiger partial charge in [-0.2, -0.15) is 5.10 Å². The van der Waals surface area contributed by atoms with Crippen LogP contribution in [0.25, 0.3) is 11.4 Å². The average Bonchev–Trinajstić information content (AvgIpc) is 3.34. The summed E-state index contributed by atoms with van der Waals surface area (Å²) >= 11 is 0. The molecule has 0 saturated carbocycles. The van der Waals surface area contributed by atoms with Crippen LogP contribution < -0.4 is 14.8 Å². The molecule has 1 aromatic carbocycles. The van der Waals surface area contributed by atoms with Crippen LogP contribution >= 0.6 is 0 Å². The molecule has 0 atom stereocenters. The highest BCUT2D eigenvalue weighted by molar-refractivity contribution is 5.95. The SMILES string of the molecule is O=C(Nc1ccc2c(c1)OCCO2)C1CCN(C(=O)c2cc(-c3ccccn3)n[nH]2)CC1. The van der Waals surface area contributed by atoms with E-state index in [4.69, 9.17) is 9.47 Å². The van der Waals surface area contributed by atoms with Crippen molar-refractivity contribution in [3.8, 4) is 22.9 Å². The smallest absolute Gasteiger partial charge is 0.271 e. The summed E-state index contributed by atoms with van der Waals surface area (Å²) in [7, 11) is 0. The van der Waals surface area contributed by atoms with Gasteiger partial charge in [-0.15, -0.1) is 0 Å². The molecule has 0 spiro atoms. The van der Waals surface area contributed by atoms with E-state index >= 15 is 0 Å². The number of likely N-dealkylation sites (tertiary alicyclic amines) is 1. The summed E-state index contributed by atoms with van der Waals surface area (Å²) in [6.45, 7) is 2.04. The highest BCUT2D eigenvalue weighted by atomic mass is 16.6. The number of aromatic nitrogens is 3. The van der Waals surface area contributed by atoms with Gasteiger partial charge >= 0.3 is 0 Å². The maximum Gasteiger partial charge on any atom is 0.271 e. The predicted molar refractivity (Wildman–Crippen MR) is 117 cm³/mol. The van der Waals surface area contributed by atoms with Crippen molar-refractivity contribution in [2.45, 2.75) is 12.8 Å². The maximum atomic E-state index is 12.9. The number of rotatable bonds is 4. The van der Waals surface area contributed by atoms with Crippen molar-refractivity contribution >= 4 is 17.5 Å². The van der Waals surface area contributed by atoms with Gasteiger partial charge in [0.2, 0.25) is 5.91 Å². The Morgan fingerprint density at radius 1 is 1.00 bits per heavy atom. The molecule has 3 aromatic rings. The first-order valence-corrected chi connectivity index (χ1v) is 10.6. The molecule has 4 heterocycles. The minimum atomic E-state index is -0.155. The molecule has 164 valence electrons. The number of ether oxygens (including phenoxy) is 2. The minimum Gasteiger partial charge on any atom is -0.486 e. The second-order valence-corrected chi connectivity index (χ2v) is 7.80. The molecular formula is C23H23N5O4. The number of pyridine rings is 1. The van der Waals surface area contributed by atoms with Crippen molar-refractivity contribution in [2.75, 3.05) is 31.6 Å². The van der Waals surface area contributed by atoms with E-state index in [2.05, 4.69) is 20.5 Å². The van der Waals surface area contributed by atoms with Gasteiger partial charge in [-0.25, -0.2) is 0 Å². The lowest BCUT2D eigenvalue weighted by Crippen LogP contribution is -2.41. The van der Waals surface area contributed by atoms with Crippen molar-refractivity contribution in [1.29, 1.82) is 0 Å². The van der Waals surface area contributed by atoms with Gasteiger partial charge in [-0.3, -0.25) is 19.7 Å². The highest BCUT2D eigenvalue weighted by Gasteiger charge is 2.29. The van der Waals surface area contributed by atoms with E-state index in [0.717, 1.165) is 0 Å². The van der Waals surface area contributed by atoms with Crippen molar-refractivity contribution in [3.05, 3.63) is 54.4 Å². The van der Waals surface area contributed by atoms with E-state index in [1.807, 2.05) is 24.3 Å². The van der Waals surface area contributed by atoms with E-state index in [9.17, 15) is 9.59 Å². The summed E-state index contributed by atoms with van der Waals surface area (Å²) < 4.78 is 11.1. The molecule has 32 heavy (non-hydrogen) atoms. The van der Waals surface area contributed by atoms with Gasteiger partial charge in [0.25, 0.3) is 5.91 Å². The highest BCUT2D eigenvalue weighted by Crippen LogP contribution is 2.33. The minimum absolute atomic E-state index is 0.0484. The van der Waals surface area contributed by atoms with Crippen molar-refractivity contribution < 1.29 is 19.1 Å². The zero-order chi connectivity index (χ0) is 21.9. The maximum absolute atomic E-state index is 12.9. The van der Waals surface area contributed by atoms with Crippen LogP contribution in [-0.2, 0) is 4.79 Å². The number of H-pyrrole nitrogens is 1. The van der Waals surface area contributed by atoms with Gasteiger partial charge in [0.15, 0.2) is 11.5 Å². The topological polar surface area (TPSA) is 109 Å². The van der Waals surface area contributed by atoms with Gasteiger partial charge in [0.1, 0.15) is 24.6 Å². The summed E-state index contributed by atoms with van der Waals surface area (Å²) in [6, 6.07) is 12.6. The van der Waals surface area contributed by atoms with Crippen molar-refractivity contribution in [1.82, 2.24) is 20.1 Å². The first-order valence-electron chi connectivity index (χ1n) is 10.6. The molecule has 5 rings (SSSR count). The molecule has 0 radical (unpaired) electrons. The number of piperidine rings is 1. The largest absolute Gasteiger partial charge is 0.486 e. The molecule has 2 amide bonds. The zero-order valence-corrected chi connectivity index (χ0v) is 17.4. The summed E-state index contributed by atoms with van der Waals surface area (Å²) in [5.74, 6) is 1.00. The first-order chi connectivity index (χ1) is 15.7. The second-order valence-electron chi connectivity index (χ2n) is 7.80. The number of aromatic amines is 1. The number of nitrogens with one attached hydrogen (secondary N) is 2. The Morgan fingerprint density at radius 3 is 2.59 bits per heavy atom. The fourth-order valence-electron chi connectivity index (χ4n) is 3.96. The lowest BCUT2D eigenvalue weighted by Gasteiger charge is -2.31. The zero-order valence-electron chi connectivity index (χ0n) is 17.4. The Morgan fingerprint density at radius 2 is 1.81 bits per heavy atom. The lowest BCUT2D eigenvalue weighted by atomic mass is 9.95. The second kappa shape index (κ2) is 8.70. The van der Waals surface area contributed by atoms with E-state index in [-0.39, 0.29) is 17.7 Å². The van der Waals surface area contributed by atoms with Crippen LogP contribution in [0.4, 0.5) is 5.69 Å². The number of hydrogen-bond acceptors (Lipinski definition) is 6. The molecule has 2 aliphatic heterocycles. The van der Waals surface area contributed by atoms with Gasteiger partial charge in [0, 0.05) is 37.0 Å². The molecule has 0 aliphatic carbocycles. The Labute approximate surface area is 184 Å². The van der Waals surface area contributed by atoms with E-state index < -0.39 is 0 Å². The third-order valence-electron chi connectivity index (χ3n) is 5.70. The summed E-state index contributed by atoms with van der Waals surface area (Å²) in [6.07, 6.45) is 2.89. The van der Waals surface area contributed by atoms with Crippen molar-refractivity contribution in [3.63, 3.8) is 0 Å². The molecule has 1 saturated heterocycles. The normalized spacial score (nSPS) is 15.9. The predicted octanol–water partition coefficient (Wildman–Crippen LogP) is 2.73. The number of fused-ring (bicyclic) bond motifs is 1. The number of carbonyl (C=O) groups excluding carboxylic acids is 2. The molecule has 2 aliphatic rings. The number of benzene rings is 1. The first kappa shape index (κ1) is 20.0. The molecule has 0 bridgehead atoms. The quantitative estimate of drug-likeness (QED) is 0.655. The fraction of sp³-hybridized carbons (Fsp3) is 0.304. The van der Waals surface area contributed by atoms with Gasteiger partial charge in [-0.05, 0) is 43.2 Å². The molecular weight excluding hydrogens is 410 g/mol. The van der Waals surface area contributed by atoms with Crippen LogP contribution in [0.15, 0.2) is 48.7 Å². The van der Waals surface area contributed by atoms with Crippen LogP contribution in [0.5, 0.6) is 11.5 Å². The number of nitrogens with zero attached hydrogens (tertiary/aromatic N) is 3. The van der Waals surface area contributed by atoms with E-state index in [0.29, 0.717) is 73.4 Å². The monoisotopic (exact) mass is 433 g/mol. The summed E-state index contributed by atoms with van der Waals surface area (Å²) in [5, 5.41) is 9.97. The Bertz CT molecular complexity index is 1120. The van der Waals surface area contributed by atoms with E-state index in [1.165, 1.54) is 0 Å². The number of amides is 2. The fourth-order valence-corrected chi connectivity index (χ4v) is 3.96. The molecule has 2 N–H and O–H groups in total. The van der Waals surface area contributed by atoms with Crippen LogP contribution in [0.3, 0.4) is 0 Å². The van der Waals surface area contributed by atoms with Gasteiger partial charge in [0.05, 0.1) is 5.69 Å². The van der Waals surface area contributed by atoms with Crippen LogP contribution in [-0.4, -0.2) is 58.2 Å². The number of hydrogen-bond donors (Lipinski definition) is 2. The van der Waals surface area contributed by atoms with Crippen LogP contribution in [0.2, 0.25) is 0 Å². The van der Waals surface area contributed by atoms with Gasteiger partial charge in [-0.1, -0.05) is 6.07 Å². The van der Waals surface area contributed by atoms with Crippen molar-refractivity contribution in [2.24, 2.45) is 5.92 Å². The van der Waals surface area contributed by atoms with Crippen LogP contribution in [0, 0.1) is 5.92 Å². The molecule has 9 heteroatoms. The van der Waals surface area contributed by atoms with Crippen LogP contribution in [0.1, 0.15) is 23.3 Å². The molecule has 0 unspecified atom stereocenters. The third kappa shape index (κ3) is 4.14. The van der Waals surface area contributed by atoms with E-state index in [1.54, 1.807) is 29.3 Å². The Hall–Kier alpha value is -3.88. The number of anilines is 1. The Kier molecular flexibility index (Phi) is 5.45. The standard InChI is InChI=1S/C23H23N5O4/c29-22(25-16-4-5-20-21(13-16)32-12-11-31-20)15-6-9-28(10-7-15)23(30)19-14-18(26-27-19)17-3-1-2-8-24-17/h1-5,8,13-15H,6-7,9-12H2,(H,25,29)(H,26,27). The lowest BCUT2D eigenvalue weighted by molar-refractivity contribution is -0.121. The summed E-state index contributed by atoms with van der Waals surface area (Å²) in [4.78, 5) is 31.6.